The van der Waals surface area contributed by atoms with Gasteiger partial charge in [-0.3, -0.25) is 0 Å². The fraction of sp³-hybridized carbons (Fsp3) is 0.647. The molecule has 0 aliphatic heterocycles. The topological polar surface area (TPSA) is 9.23 Å². The Hall–Kier alpha value is -0.980. The summed E-state index contributed by atoms with van der Waals surface area (Å²) in [5, 5.41) is 0. The Bertz CT molecular complexity index is 423. The predicted octanol–water partition coefficient (Wildman–Crippen LogP) is 4.23. The number of ether oxygens (including phenoxy) is 1. The first-order chi connectivity index (χ1) is 8.85. The summed E-state index contributed by atoms with van der Waals surface area (Å²) in [5.41, 5.74) is 1.49. The Kier molecular flexibility index (Phi) is 2.43. The van der Waals surface area contributed by atoms with Gasteiger partial charge in [0.1, 0.15) is 5.75 Å². The third-order valence-corrected chi connectivity index (χ3v) is 5.72. The van der Waals surface area contributed by atoms with E-state index in [0.29, 0.717) is 0 Å². The van der Waals surface area contributed by atoms with Crippen molar-refractivity contribution in [3.8, 4) is 5.75 Å². The lowest BCUT2D eigenvalue weighted by Gasteiger charge is -2.54. The van der Waals surface area contributed by atoms with Gasteiger partial charge in [-0.1, -0.05) is 18.2 Å². The molecule has 1 aromatic carbocycles. The number of hydrogen-bond acceptors (Lipinski definition) is 1. The molecule has 5 rings (SSSR count). The molecule has 0 saturated heterocycles. The fourth-order valence-electron chi connectivity index (χ4n) is 5.37. The van der Waals surface area contributed by atoms with Crippen LogP contribution in [0.4, 0.5) is 0 Å². The highest BCUT2D eigenvalue weighted by molar-refractivity contribution is 5.38. The van der Waals surface area contributed by atoms with Crippen molar-refractivity contribution in [3.05, 3.63) is 29.8 Å². The third-order valence-electron chi connectivity index (χ3n) is 5.72. The zero-order valence-corrected chi connectivity index (χ0v) is 11.1. The molecular formula is C17H22O. The molecule has 96 valence electrons. The summed E-state index contributed by atoms with van der Waals surface area (Å²) in [6.07, 6.45) is 7.46. The molecule has 4 aliphatic carbocycles. The smallest absolute Gasteiger partial charge is 0.122 e. The van der Waals surface area contributed by atoms with E-state index in [2.05, 4.69) is 24.3 Å². The summed E-state index contributed by atoms with van der Waals surface area (Å²) < 4.78 is 5.60. The number of rotatable bonds is 2. The van der Waals surface area contributed by atoms with Gasteiger partial charge in [0.2, 0.25) is 0 Å². The van der Waals surface area contributed by atoms with Crippen molar-refractivity contribution >= 4 is 0 Å². The lowest BCUT2D eigenvalue weighted by Crippen LogP contribution is -2.43. The highest BCUT2D eigenvalue weighted by Gasteiger charge is 2.49. The largest absolute Gasteiger partial charge is 0.496 e. The first kappa shape index (κ1) is 10.9. The van der Waals surface area contributed by atoms with Gasteiger partial charge in [-0.15, -0.1) is 0 Å². The molecule has 0 atom stereocenters. The molecule has 4 aliphatic rings. The highest BCUT2D eigenvalue weighted by atomic mass is 16.5. The maximum atomic E-state index is 5.60. The van der Waals surface area contributed by atoms with Crippen LogP contribution in [0.5, 0.6) is 5.75 Å². The number of hydrogen-bond donors (Lipinski definition) is 0. The van der Waals surface area contributed by atoms with Crippen LogP contribution in [0.1, 0.15) is 43.6 Å². The van der Waals surface area contributed by atoms with Crippen molar-refractivity contribution in [2.24, 2.45) is 23.7 Å². The zero-order chi connectivity index (χ0) is 12.1. The van der Waals surface area contributed by atoms with Gasteiger partial charge >= 0.3 is 0 Å². The summed E-state index contributed by atoms with van der Waals surface area (Å²) in [5.74, 6) is 5.90. The molecule has 1 aromatic rings. The van der Waals surface area contributed by atoms with Gasteiger partial charge in [0.15, 0.2) is 0 Å². The van der Waals surface area contributed by atoms with Gasteiger partial charge in [-0.25, -0.2) is 0 Å². The van der Waals surface area contributed by atoms with Gasteiger partial charge in [0, 0.05) is 0 Å². The average molecular weight is 242 g/mol. The second-order valence-corrected chi connectivity index (χ2v) is 6.70. The fourth-order valence-corrected chi connectivity index (χ4v) is 5.37. The third kappa shape index (κ3) is 1.52. The van der Waals surface area contributed by atoms with E-state index in [0.717, 1.165) is 35.3 Å². The highest BCUT2D eigenvalue weighted by Crippen LogP contribution is 2.60. The van der Waals surface area contributed by atoms with Gasteiger partial charge in [-0.05, 0) is 73.3 Å². The quantitative estimate of drug-likeness (QED) is 0.754. The number of benzene rings is 1. The average Bonchev–Trinajstić information content (AvgIpc) is 2.38. The van der Waals surface area contributed by atoms with Crippen LogP contribution in [-0.2, 0) is 0 Å². The van der Waals surface area contributed by atoms with Gasteiger partial charge in [-0.2, -0.15) is 0 Å². The van der Waals surface area contributed by atoms with Crippen LogP contribution in [0.25, 0.3) is 0 Å². The summed E-state index contributed by atoms with van der Waals surface area (Å²) in [7, 11) is 1.81. The minimum Gasteiger partial charge on any atom is -0.496 e. The predicted molar refractivity (Wildman–Crippen MR) is 72.8 cm³/mol. The van der Waals surface area contributed by atoms with Crippen molar-refractivity contribution in [3.63, 3.8) is 0 Å². The Morgan fingerprint density at radius 1 is 0.889 bits per heavy atom. The molecule has 1 heteroatoms. The van der Waals surface area contributed by atoms with Crippen molar-refractivity contribution in [1.29, 1.82) is 0 Å². The molecule has 0 aromatic heterocycles. The second-order valence-electron chi connectivity index (χ2n) is 6.70. The van der Waals surface area contributed by atoms with Crippen molar-refractivity contribution in [1.82, 2.24) is 0 Å². The van der Waals surface area contributed by atoms with Crippen molar-refractivity contribution in [2.45, 2.75) is 38.0 Å². The standard InChI is InChI=1S/C17H22O/c1-18-16-5-3-2-4-15(16)17-13-7-11-6-12(9-13)10-14(17)8-11/h2-5,11-14,17H,6-10H2,1H3. The summed E-state index contributed by atoms with van der Waals surface area (Å²) in [6, 6.07) is 8.73. The zero-order valence-electron chi connectivity index (χ0n) is 11.1. The summed E-state index contributed by atoms with van der Waals surface area (Å²) in [6.45, 7) is 0. The Labute approximate surface area is 110 Å². The monoisotopic (exact) mass is 242 g/mol. The van der Waals surface area contributed by atoms with E-state index in [4.69, 9.17) is 4.74 Å². The molecule has 18 heavy (non-hydrogen) atoms. The summed E-state index contributed by atoms with van der Waals surface area (Å²) >= 11 is 0. The molecule has 4 fully saturated rings. The van der Waals surface area contributed by atoms with Crippen LogP contribution in [0.15, 0.2) is 24.3 Å². The minimum atomic E-state index is 0.786. The van der Waals surface area contributed by atoms with E-state index in [1.807, 2.05) is 7.11 Å². The minimum absolute atomic E-state index is 0.786. The van der Waals surface area contributed by atoms with Gasteiger partial charge in [0.05, 0.1) is 7.11 Å². The van der Waals surface area contributed by atoms with E-state index in [-0.39, 0.29) is 0 Å². The molecule has 1 nitrogen and oxygen atoms in total. The first-order valence-electron chi connectivity index (χ1n) is 7.48. The molecule has 4 saturated carbocycles. The van der Waals surface area contributed by atoms with Crippen molar-refractivity contribution < 1.29 is 4.74 Å². The number of para-hydroxylation sites is 1. The Morgan fingerprint density at radius 2 is 1.50 bits per heavy atom. The molecule has 0 unspecified atom stereocenters. The molecule has 0 amide bonds. The van der Waals surface area contributed by atoms with Crippen LogP contribution >= 0.6 is 0 Å². The first-order valence-corrected chi connectivity index (χ1v) is 7.48. The molecule has 0 radical (unpaired) electrons. The second kappa shape index (κ2) is 4.01. The van der Waals surface area contributed by atoms with Crippen LogP contribution < -0.4 is 4.74 Å². The van der Waals surface area contributed by atoms with Crippen LogP contribution in [0.3, 0.4) is 0 Å². The van der Waals surface area contributed by atoms with E-state index in [1.54, 1.807) is 0 Å². The van der Waals surface area contributed by atoms with E-state index >= 15 is 0 Å². The lowest BCUT2D eigenvalue weighted by molar-refractivity contribution is -0.00347. The van der Waals surface area contributed by atoms with Crippen LogP contribution in [0, 0.1) is 23.7 Å². The van der Waals surface area contributed by atoms with Crippen LogP contribution in [-0.4, -0.2) is 7.11 Å². The van der Waals surface area contributed by atoms with Crippen molar-refractivity contribution in [2.75, 3.05) is 7.11 Å². The van der Waals surface area contributed by atoms with Crippen LogP contribution in [0.2, 0.25) is 0 Å². The van der Waals surface area contributed by atoms with E-state index in [1.165, 1.54) is 37.7 Å². The number of methoxy groups -OCH3 is 1. The van der Waals surface area contributed by atoms with E-state index < -0.39 is 0 Å². The molecule has 4 bridgehead atoms. The molecular weight excluding hydrogens is 220 g/mol. The maximum Gasteiger partial charge on any atom is 0.122 e. The summed E-state index contributed by atoms with van der Waals surface area (Å²) in [4.78, 5) is 0. The van der Waals surface area contributed by atoms with Gasteiger partial charge < -0.3 is 4.74 Å². The van der Waals surface area contributed by atoms with Gasteiger partial charge in [0.25, 0.3) is 0 Å². The lowest BCUT2D eigenvalue weighted by atomic mass is 9.50. The molecule has 0 heterocycles. The molecule has 0 spiro atoms. The normalized spacial score (nSPS) is 41.1. The molecule has 0 N–H and O–H groups in total. The maximum absolute atomic E-state index is 5.60. The van der Waals surface area contributed by atoms with E-state index in [9.17, 15) is 0 Å². The Balaban J connectivity index is 1.72. The Morgan fingerprint density at radius 3 is 2.11 bits per heavy atom. The SMILES string of the molecule is COc1ccccc1C1C2CC3CC(C2)CC1C3.